The average molecular weight is 361 g/mol. The number of fused-ring (bicyclic) bond motifs is 1. The number of rotatable bonds is 4. The van der Waals surface area contributed by atoms with E-state index in [1.165, 1.54) is 18.2 Å². The Bertz CT molecular complexity index is 864. The molecule has 5 heteroatoms. The summed E-state index contributed by atoms with van der Waals surface area (Å²) in [5, 5.41) is 0. The highest BCUT2D eigenvalue weighted by Crippen LogP contribution is 2.41. The molecule has 1 aliphatic rings. The van der Waals surface area contributed by atoms with Crippen LogP contribution >= 0.6 is 0 Å². The Balaban J connectivity index is 2.14. The molecule has 3 nitrogen and oxygen atoms in total. The van der Waals surface area contributed by atoms with Crippen molar-refractivity contribution in [2.45, 2.75) is 43.4 Å². The molecule has 1 unspecified atom stereocenters. The molecular weight excluding hydrogens is 337 g/mol. The van der Waals surface area contributed by atoms with Gasteiger partial charge in [-0.15, -0.1) is 0 Å². The summed E-state index contributed by atoms with van der Waals surface area (Å²) in [6, 6.07) is 11.5. The molecule has 0 aliphatic carbocycles. The number of anilines is 1. The minimum atomic E-state index is -3.42. The van der Waals surface area contributed by atoms with Crippen molar-refractivity contribution in [3.8, 4) is 0 Å². The maximum Gasteiger partial charge on any atom is 0.178 e. The molecule has 2 atom stereocenters. The number of nitrogens with two attached hydrogens (primary N) is 1. The summed E-state index contributed by atoms with van der Waals surface area (Å²) in [6.45, 7) is 2.10. The smallest absolute Gasteiger partial charge is 0.178 e. The molecule has 0 saturated carbocycles. The molecular formula is C20H24FNO2S. The Morgan fingerprint density at radius 2 is 2.00 bits per heavy atom. The highest BCUT2D eigenvalue weighted by Gasteiger charge is 2.33. The fourth-order valence-electron chi connectivity index (χ4n) is 3.79. The summed E-state index contributed by atoms with van der Waals surface area (Å²) in [6.07, 6.45) is 3.58. The minimum Gasteiger partial charge on any atom is -0.399 e. The predicted octanol–water partition coefficient (Wildman–Crippen LogP) is 4.52. The molecule has 1 aliphatic heterocycles. The molecule has 0 radical (unpaired) electrons. The molecule has 0 fully saturated rings. The van der Waals surface area contributed by atoms with Crippen LogP contribution in [0.15, 0.2) is 47.4 Å². The highest BCUT2D eigenvalue weighted by molar-refractivity contribution is 7.91. The van der Waals surface area contributed by atoms with Gasteiger partial charge in [0.05, 0.1) is 10.6 Å². The normalized spacial score (nSPS) is 22.2. The van der Waals surface area contributed by atoms with E-state index < -0.39 is 15.7 Å². The zero-order valence-electron chi connectivity index (χ0n) is 14.4. The topological polar surface area (TPSA) is 60.2 Å². The first kappa shape index (κ1) is 17.9. The summed E-state index contributed by atoms with van der Waals surface area (Å²) in [4.78, 5) is 0.264. The van der Waals surface area contributed by atoms with E-state index in [9.17, 15) is 12.8 Å². The van der Waals surface area contributed by atoms with E-state index >= 15 is 0 Å². The third kappa shape index (κ3) is 3.87. The van der Waals surface area contributed by atoms with E-state index in [0.29, 0.717) is 17.7 Å². The lowest BCUT2D eigenvalue weighted by molar-refractivity contribution is 0.450. The Hall–Kier alpha value is -1.88. The van der Waals surface area contributed by atoms with Crippen molar-refractivity contribution in [2.24, 2.45) is 5.92 Å². The molecule has 2 N–H and O–H groups in total. The Morgan fingerprint density at radius 3 is 2.72 bits per heavy atom. The minimum absolute atomic E-state index is 0.0619. The SMILES string of the molecule is CCCCC1C[C@H](c2cccc(N)c2)c2cc(F)ccc2S(=O)(=O)C1. The van der Waals surface area contributed by atoms with E-state index in [4.69, 9.17) is 5.73 Å². The van der Waals surface area contributed by atoms with Gasteiger partial charge in [-0.3, -0.25) is 0 Å². The van der Waals surface area contributed by atoms with Gasteiger partial charge in [0.15, 0.2) is 9.84 Å². The van der Waals surface area contributed by atoms with Gasteiger partial charge in [0.25, 0.3) is 0 Å². The van der Waals surface area contributed by atoms with E-state index in [-0.39, 0.29) is 22.5 Å². The summed E-state index contributed by atoms with van der Waals surface area (Å²) in [5.41, 5.74) is 8.07. The maximum atomic E-state index is 13.9. The van der Waals surface area contributed by atoms with E-state index in [1.54, 1.807) is 6.07 Å². The standard InChI is InChI=1S/C20H24FNO2S/c1-2-3-5-14-10-18(15-6-4-7-17(22)11-15)19-12-16(21)8-9-20(19)25(23,24)13-14/h4,6-9,11-12,14,18H,2-3,5,10,13,22H2,1H3/t14?,18-/m1/s1. The summed E-state index contributed by atoms with van der Waals surface area (Å²) < 4.78 is 39.7. The molecule has 0 bridgehead atoms. The molecule has 25 heavy (non-hydrogen) atoms. The number of hydrogen-bond donors (Lipinski definition) is 1. The fraction of sp³-hybridized carbons (Fsp3) is 0.400. The number of sulfone groups is 1. The van der Waals surface area contributed by atoms with Crippen molar-refractivity contribution in [2.75, 3.05) is 11.5 Å². The quantitative estimate of drug-likeness (QED) is 0.643. The average Bonchev–Trinajstić information content (AvgIpc) is 2.66. The van der Waals surface area contributed by atoms with Crippen LogP contribution in [0.3, 0.4) is 0 Å². The lowest BCUT2D eigenvalue weighted by Crippen LogP contribution is -2.15. The van der Waals surface area contributed by atoms with Crippen molar-refractivity contribution >= 4 is 15.5 Å². The van der Waals surface area contributed by atoms with E-state index in [2.05, 4.69) is 6.92 Å². The summed E-state index contributed by atoms with van der Waals surface area (Å²) in [5.74, 6) is -0.375. The first-order chi connectivity index (χ1) is 11.9. The summed E-state index contributed by atoms with van der Waals surface area (Å²) >= 11 is 0. The third-order valence-electron chi connectivity index (χ3n) is 4.99. The van der Waals surface area contributed by atoms with Gasteiger partial charge in [-0.05, 0) is 60.2 Å². The van der Waals surface area contributed by atoms with Crippen LogP contribution in [0.5, 0.6) is 0 Å². The number of hydrogen-bond acceptors (Lipinski definition) is 3. The van der Waals surface area contributed by atoms with Gasteiger partial charge in [0.1, 0.15) is 5.82 Å². The lowest BCUT2D eigenvalue weighted by Gasteiger charge is -2.21. The van der Waals surface area contributed by atoms with Crippen LogP contribution in [-0.4, -0.2) is 14.2 Å². The van der Waals surface area contributed by atoms with Gasteiger partial charge < -0.3 is 5.73 Å². The van der Waals surface area contributed by atoms with Crippen molar-refractivity contribution in [3.63, 3.8) is 0 Å². The lowest BCUT2D eigenvalue weighted by atomic mass is 9.82. The first-order valence-corrected chi connectivity index (χ1v) is 10.4. The largest absolute Gasteiger partial charge is 0.399 e. The molecule has 3 rings (SSSR count). The second kappa shape index (κ2) is 7.16. The van der Waals surface area contributed by atoms with Crippen LogP contribution in [0, 0.1) is 11.7 Å². The number of benzene rings is 2. The number of halogens is 1. The molecule has 0 amide bonds. The van der Waals surface area contributed by atoms with Gasteiger partial charge >= 0.3 is 0 Å². The molecule has 134 valence electrons. The molecule has 0 spiro atoms. The molecule has 1 heterocycles. The van der Waals surface area contributed by atoms with Crippen LogP contribution < -0.4 is 5.73 Å². The predicted molar refractivity (Wildman–Crippen MR) is 98.8 cm³/mol. The van der Waals surface area contributed by atoms with Gasteiger partial charge in [0, 0.05) is 11.6 Å². The fourth-order valence-corrected chi connectivity index (χ4v) is 5.73. The van der Waals surface area contributed by atoms with Crippen LogP contribution in [0.4, 0.5) is 10.1 Å². The molecule has 2 aromatic rings. The Labute approximate surface area is 149 Å². The van der Waals surface area contributed by atoms with Crippen molar-refractivity contribution in [3.05, 3.63) is 59.4 Å². The highest BCUT2D eigenvalue weighted by atomic mass is 32.2. The van der Waals surface area contributed by atoms with E-state index in [1.807, 2.05) is 18.2 Å². The summed E-state index contributed by atoms with van der Waals surface area (Å²) in [7, 11) is -3.42. The number of nitrogen functional groups attached to an aromatic ring is 1. The maximum absolute atomic E-state index is 13.9. The van der Waals surface area contributed by atoms with Crippen molar-refractivity contribution in [1.29, 1.82) is 0 Å². The zero-order chi connectivity index (χ0) is 18.0. The van der Waals surface area contributed by atoms with Crippen molar-refractivity contribution < 1.29 is 12.8 Å². The molecule has 2 aromatic carbocycles. The van der Waals surface area contributed by atoms with Crippen LogP contribution in [0.1, 0.15) is 49.7 Å². The second-order valence-electron chi connectivity index (χ2n) is 6.93. The molecule has 0 aromatic heterocycles. The van der Waals surface area contributed by atoms with Crippen molar-refractivity contribution in [1.82, 2.24) is 0 Å². The number of unbranched alkanes of at least 4 members (excludes halogenated alkanes) is 1. The third-order valence-corrected chi connectivity index (χ3v) is 6.94. The van der Waals surface area contributed by atoms with Gasteiger partial charge in [-0.25, -0.2) is 12.8 Å². The van der Waals surface area contributed by atoms with Crippen LogP contribution in [-0.2, 0) is 9.84 Å². The monoisotopic (exact) mass is 361 g/mol. The van der Waals surface area contributed by atoms with Gasteiger partial charge in [-0.1, -0.05) is 31.9 Å². The second-order valence-corrected chi connectivity index (χ2v) is 8.93. The molecule has 0 saturated heterocycles. The Kier molecular flexibility index (Phi) is 5.13. The Morgan fingerprint density at radius 1 is 1.20 bits per heavy atom. The van der Waals surface area contributed by atoms with Crippen LogP contribution in [0.2, 0.25) is 0 Å². The van der Waals surface area contributed by atoms with Gasteiger partial charge in [0.2, 0.25) is 0 Å². The van der Waals surface area contributed by atoms with Gasteiger partial charge in [-0.2, -0.15) is 0 Å². The zero-order valence-corrected chi connectivity index (χ0v) is 15.2. The first-order valence-electron chi connectivity index (χ1n) is 8.78. The van der Waals surface area contributed by atoms with E-state index in [0.717, 1.165) is 24.8 Å². The van der Waals surface area contributed by atoms with Crippen LogP contribution in [0.25, 0.3) is 0 Å².